The smallest absolute Gasteiger partial charge is 0.308 e. The summed E-state index contributed by atoms with van der Waals surface area (Å²) in [5.41, 5.74) is 1.06. The molecule has 0 aromatic heterocycles. The highest BCUT2D eigenvalue weighted by atomic mass is 16.7. The molecule has 1 heterocycles. The molecule has 0 bridgehead atoms. The molecule has 1 N–H and O–H groups in total. The van der Waals surface area contributed by atoms with Crippen LogP contribution in [0.1, 0.15) is 37.2 Å². The number of ether oxygens (including phenoxy) is 1. The first-order chi connectivity index (χ1) is 8.20. The quantitative estimate of drug-likeness (QED) is 0.755. The Morgan fingerprint density at radius 3 is 2.76 bits per heavy atom. The minimum atomic E-state index is -1.27. The normalized spacial score (nSPS) is 36.4. The molecule has 1 aromatic carbocycles. The van der Waals surface area contributed by atoms with Gasteiger partial charge in [-0.1, -0.05) is 36.8 Å². The monoisotopic (exact) mass is 232 g/mol. The lowest BCUT2D eigenvalue weighted by Crippen LogP contribution is -2.44. The van der Waals surface area contributed by atoms with Crippen LogP contribution in [0, 0.1) is 5.92 Å². The predicted molar refractivity (Wildman–Crippen MR) is 62.2 cm³/mol. The van der Waals surface area contributed by atoms with Gasteiger partial charge >= 0.3 is 5.97 Å². The van der Waals surface area contributed by atoms with E-state index in [-0.39, 0.29) is 17.8 Å². The summed E-state index contributed by atoms with van der Waals surface area (Å²) in [6, 6.07) is 9.86. The number of benzene rings is 1. The molecule has 2 fully saturated rings. The Morgan fingerprint density at radius 2 is 2.00 bits per heavy atom. The van der Waals surface area contributed by atoms with E-state index in [2.05, 4.69) is 0 Å². The molecule has 1 aromatic rings. The van der Waals surface area contributed by atoms with Gasteiger partial charge in [-0.15, -0.1) is 0 Å². The van der Waals surface area contributed by atoms with Crippen LogP contribution in [0.4, 0.5) is 0 Å². The number of rotatable bonds is 1. The van der Waals surface area contributed by atoms with Crippen molar-refractivity contribution in [2.75, 3.05) is 0 Å². The summed E-state index contributed by atoms with van der Waals surface area (Å²) in [6.07, 6.45) is 3.17. The maximum absolute atomic E-state index is 11.4. The van der Waals surface area contributed by atoms with Gasteiger partial charge in [0.25, 0.3) is 0 Å². The van der Waals surface area contributed by atoms with Crippen molar-refractivity contribution in [3.8, 4) is 0 Å². The summed E-state index contributed by atoms with van der Waals surface area (Å²) in [4.78, 5) is 11.4. The topological polar surface area (TPSA) is 46.5 Å². The molecular formula is C14H16O3. The molecule has 1 aliphatic carbocycles. The summed E-state index contributed by atoms with van der Waals surface area (Å²) in [5.74, 6) is -1.64. The van der Waals surface area contributed by atoms with Crippen LogP contribution in [0.25, 0.3) is 0 Å². The fourth-order valence-electron chi connectivity index (χ4n) is 3.19. The van der Waals surface area contributed by atoms with Gasteiger partial charge in [0, 0.05) is 11.8 Å². The van der Waals surface area contributed by atoms with Crippen molar-refractivity contribution in [2.45, 2.75) is 37.4 Å². The van der Waals surface area contributed by atoms with Crippen LogP contribution in [0.3, 0.4) is 0 Å². The number of fused-ring (bicyclic) bond motifs is 1. The van der Waals surface area contributed by atoms with E-state index >= 15 is 0 Å². The first kappa shape index (κ1) is 10.8. The average Bonchev–Trinajstić information content (AvgIpc) is 2.63. The molecule has 90 valence electrons. The molecule has 1 saturated heterocycles. The minimum absolute atomic E-state index is 0.0334. The van der Waals surface area contributed by atoms with Gasteiger partial charge < -0.3 is 9.84 Å². The first-order valence-corrected chi connectivity index (χ1v) is 6.19. The van der Waals surface area contributed by atoms with E-state index in [0.29, 0.717) is 6.42 Å². The molecule has 2 aliphatic rings. The summed E-state index contributed by atoms with van der Waals surface area (Å²) in [6.45, 7) is 0. The van der Waals surface area contributed by atoms with E-state index in [4.69, 9.17) is 4.74 Å². The highest BCUT2D eigenvalue weighted by molar-refractivity contribution is 5.73. The van der Waals surface area contributed by atoms with Crippen LogP contribution < -0.4 is 0 Å². The molecule has 3 atom stereocenters. The van der Waals surface area contributed by atoms with Crippen molar-refractivity contribution in [2.24, 2.45) is 5.92 Å². The van der Waals surface area contributed by atoms with E-state index < -0.39 is 5.79 Å². The van der Waals surface area contributed by atoms with Crippen LogP contribution in [0.5, 0.6) is 0 Å². The van der Waals surface area contributed by atoms with E-state index in [1.54, 1.807) is 0 Å². The molecule has 1 aliphatic heterocycles. The van der Waals surface area contributed by atoms with Gasteiger partial charge in [-0.2, -0.15) is 0 Å². The third kappa shape index (κ3) is 1.65. The number of esters is 1. The Bertz CT molecular complexity index is 428. The first-order valence-electron chi connectivity index (χ1n) is 6.19. The minimum Gasteiger partial charge on any atom is -0.432 e. The molecule has 0 radical (unpaired) electrons. The number of aliphatic hydroxyl groups is 1. The highest BCUT2D eigenvalue weighted by Gasteiger charge is 2.55. The summed E-state index contributed by atoms with van der Waals surface area (Å²) < 4.78 is 5.24. The SMILES string of the molecule is O=C1C[C@@H]2CCC[C@@H](c3ccccc3)[C@@]2(O)O1. The third-order valence-electron chi connectivity index (χ3n) is 4.02. The Balaban J connectivity index is 1.97. The zero-order valence-corrected chi connectivity index (χ0v) is 9.63. The van der Waals surface area contributed by atoms with Crippen LogP contribution in [-0.4, -0.2) is 16.9 Å². The number of carbonyl (C=O) groups is 1. The van der Waals surface area contributed by atoms with Gasteiger partial charge in [0.1, 0.15) is 0 Å². The van der Waals surface area contributed by atoms with E-state index in [1.807, 2.05) is 30.3 Å². The van der Waals surface area contributed by atoms with Crippen LogP contribution in [0.2, 0.25) is 0 Å². The zero-order valence-electron chi connectivity index (χ0n) is 9.63. The van der Waals surface area contributed by atoms with Crippen molar-refractivity contribution in [3.63, 3.8) is 0 Å². The van der Waals surface area contributed by atoms with Crippen molar-refractivity contribution >= 4 is 5.97 Å². The maximum Gasteiger partial charge on any atom is 0.308 e. The Hall–Kier alpha value is -1.35. The van der Waals surface area contributed by atoms with Crippen molar-refractivity contribution in [1.29, 1.82) is 0 Å². The second-order valence-electron chi connectivity index (χ2n) is 5.02. The number of hydrogen-bond acceptors (Lipinski definition) is 3. The predicted octanol–water partition coefficient (Wildman–Crippen LogP) is 2.21. The van der Waals surface area contributed by atoms with Gasteiger partial charge in [-0.25, -0.2) is 0 Å². The van der Waals surface area contributed by atoms with Crippen molar-refractivity contribution in [3.05, 3.63) is 35.9 Å². The number of carbonyl (C=O) groups excluding carboxylic acids is 1. The molecule has 0 unspecified atom stereocenters. The molecule has 3 rings (SSSR count). The lowest BCUT2D eigenvalue weighted by Gasteiger charge is -2.39. The number of hydrogen-bond donors (Lipinski definition) is 1. The molecule has 1 saturated carbocycles. The van der Waals surface area contributed by atoms with Gasteiger partial charge in [0.2, 0.25) is 5.79 Å². The van der Waals surface area contributed by atoms with Crippen LogP contribution in [-0.2, 0) is 9.53 Å². The fraction of sp³-hybridized carbons (Fsp3) is 0.500. The molecule has 0 amide bonds. The molecule has 3 nitrogen and oxygen atoms in total. The van der Waals surface area contributed by atoms with Crippen molar-refractivity contribution < 1.29 is 14.6 Å². The lowest BCUT2D eigenvalue weighted by molar-refractivity contribution is -0.221. The van der Waals surface area contributed by atoms with Crippen LogP contribution in [0.15, 0.2) is 30.3 Å². The van der Waals surface area contributed by atoms with Gasteiger partial charge in [-0.05, 0) is 18.4 Å². The van der Waals surface area contributed by atoms with E-state index in [9.17, 15) is 9.90 Å². The van der Waals surface area contributed by atoms with E-state index in [0.717, 1.165) is 24.8 Å². The second kappa shape index (κ2) is 3.84. The van der Waals surface area contributed by atoms with Gasteiger partial charge in [-0.3, -0.25) is 4.79 Å². The summed E-state index contributed by atoms with van der Waals surface area (Å²) >= 11 is 0. The largest absolute Gasteiger partial charge is 0.432 e. The van der Waals surface area contributed by atoms with E-state index in [1.165, 1.54) is 0 Å². The molecular weight excluding hydrogens is 216 g/mol. The summed E-state index contributed by atoms with van der Waals surface area (Å²) in [7, 11) is 0. The van der Waals surface area contributed by atoms with Crippen LogP contribution >= 0.6 is 0 Å². The second-order valence-corrected chi connectivity index (χ2v) is 5.02. The fourth-order valence-corrected chi connectivity index (χ4v) is 3.19. The molecule has 0 spiro atoms. The maximum atomic E-state index is 11.4. The Labute approximate surface area is 100 Å². The van der Waals surface area contributed by atoms with Crippen molar-refractivity contribution in [1.82, 2.24) is 0 Å². The van der Waals surface area contributed by atoms with Gasteiger partial charge in [0.05, 0.1) is 6.42 Å². The Kier molecular flexibility index (Phi) is 2.44. The Morgan fingerprint density at radius 1 is 1.24 bits per heavy atom. The average molecular weight is 232 g/mol. The van der Waals surface area contributed by atoms with Gasteiger partial charge in [0.15, 0.2) is 0 Å². The zero-order chi connectivity index (χ0) is 11.9. The standard InChI is InChI=1S/C14H16O3/c15-13-9-11-7-4-8-12(14(11,16)17-13)10-5-2-1-3-6-10/h1-3,5-6,11-12,16H,4,7-9H2/t11-,12-,14-/m0/s1. The third-order valence-corrected chi connectivity index (χ3v) is 4.02. The highest BCUT2D eigenvalue weighted by Crippen LogP contribution is 2.49. The lowest BCUT2D eigenvalue weighted by atomic mass is 9.73. The molecule has 3 heteroatoms. The molecule has 17 heavy (non-hydrogen) atoms. The summed E-state index contributed by atoms with van der Waals surface area (Å²) in [5, 5.41) is 10.7.